The number of nitrogens with one attached hydrogen (secondary N) is 1. The highest BCUT2D eigenvalue weighted by Gasteiger charge is 2.32. The second-order valence-electron chi connectivity index (χ2n) is 10.9. The summed E-state index contributed by atoms with van der Waals surface area (Å²) in [5.74, 6) is 0.596. The van der Waals surface area contributed by atoms with Crippen LogP contribution in [0.4, 0.5) is 5.00 Å². The maximum Gasteiger partial charge on any atom is 0.341 e. The molecule has 1 saturated carbocycles. The summed E-state index contributed by atoms with van der Waals surface area (Å²) in [5.41, 5.74) is 2.34. The van der Waals surface area contributed by atoms with E-state index < -0.39 is 0 Å². The zero-order valence-corrected chi connectivity index (χ0v) is 27.2. The number of hydrogen-bond acceptors (Lipinski definition) is 9. The van der Waals surface area contributed by atoms with Gasteiger partial charge in [-0.1, -0.05) is 36.5 Å². The predicted molar refractivity (Wildman–Crippen MR) is 175 cm³/mol. The van der Waals surface area contributed by atoms with Crippen LogP contribution < -0.4 is 14.8 Å². The van der Waals surface area contributed by atoms with Crippen LogP contribution in [0.3, 0.4) is 0 Å². The molecule has 1 saturated heterocycles. The molecule has 1 aliphatic heterocycles. The molecule has 0 atom stereocenters. The van der Waals surface area contributed by atoms with Gasteiger partial charge in [0.25, 0.3) is 5.91 Å². The van der Waals surface area contributed by atoms with Crippen LogP contribution in [-0.4, -0.2) is 53.4 Å². The molecular weight excluding hydrogens is 605 g/mol. The summed E-state index contributed by atoms with van der Waals surface area (Å²) < 4.78 is 17.6. The molecule has 2 aliphatic carbocycles. The number of amides is 2. The van der Waals surface area contributed by atoms with Crippen molar-refractivity contribution < 1.29 is 28.6 Å². The molecule has 0 bridgehead atoms. The second kappa shape index (κ2) is 14.7. The van der Waals surface area contributed by atoms with Gasteiger partial charge in [0.15, 0.2) is 11.5 Å². The molecule has 43 heavy (non-hydrogen) atoms. The van der Waals surface area contributed by atoms with Crippen LogP contribution in [-0.2, 0) is 27.2 Å². The molecule has 1 aromatic carbocycles. The fourth-order valence-electron chi connectivity index (χ4n) is 5.74. The Bertz CT molecular complexity index is 1410. The van der Waals surface area contributed by atoms with Crippen LogP contribution in [0.5, 0.6) is 11.5 Å². The van der Waals surface area contributed by atoms with E-state index in [1.165, 1.54) is 42.4 Å². The highest BCUT2D eigenvalue weighted by Crippen LogP contribution is 2.39. The molecule has 5 rings (SSSR count). The SMILES string of the molecule is CCOC(=O)c1c(NC(=O)CCCN2C(=O)/C(=C/c3ccc(OC4CCCCC4)c(OC)c3)SC2=S)sc2c1CCCC2. The largest absolute Gasteiger partial charge is 0.493 e. The van der Waals surface area contributed by atoms with Crippen molar-refractivity contribution in [1.82, 2.24) is 4.90 Å². The number of carbonyl (C=O) groups is 3. The van der Waals surface area contributed by atoms with Crippen molar-refractivity contribution in [3.63, 3.8) is 0 Å². The third kappa shape index (κ3) is 7.61. The minimum absolute atomic E-state index is 0.174. The molecule has 11 heteroatoms. The number of rotatable bonds is 11. The highest BCUT2D eigenvalue weighted by atomic mass is 32.2. The molecule has 2 heterocycles. The maximum absolute atomic E-state index is 13.2. The van der Waals surface area contributed by atoms with Gasteiger partial charge in [0.05, 0.1) is 30.3 Å². The van der Waals surface area contributed by atoms with E-state index in [-0.39, 0.29) is 36.9 Å². The minimum Gasteiger partial charge on any atom is -0.493 e. The number of hydrogen-bond donors (Lipinski definition) is 1. The normalized spacial score (nSPS) is 18.1. The Balaban J connectivity index is 1.17. The maximum atomic E-state index is 13.2. The van der Waals surface area contributed by atoms with E-state index in [4.69, 9.17) is 26.4 Å². The van der Waals surface area contributed by atoms with Crippen LogP contribution in [0.1, 0.15) is 91.1 Å². The summed E-state index contributed by atoms with van der Waals surface area (Å²) >= 11 is 8.24. The monoisotopic (exact) mass is 642 g/mol. The number of ether oxygens (including phenoxy) is 3. The third-order valence-corrected chi connectivity index (χ3v) is 10.5. The van der Waals surface area contributed by atoms with Gasteiger partial charge in [-0.3, -0.25) is 14.5 Å². The second-order valence-corrected chi connectivity index (χ2v) is 13.7. The molecule has 1 aromatic heterocycles. The third-order valence-electron chi connectivity index (χ3n) is 7.89. The van der Waals surface area contributed by atoms with Crippen LogP contribution >= 0.6 is 35.3 Å². The van der Waals surface area contributed by atoms with Gasteiger partial charge in [-0.15, -0.1) is 11.3 Å². The first-order valence-corrected chi connectivity index (χ1v) is 17.1. The van der Waals surface area contributed by atoms with E-state index >= 15 is 0 Å². The minimum atomic E-state index is -0.384. The van der Waals surface area contributed by atoms with Crippen LogP contribution in [0, 0.1) is 0 Å². The Hall–Kier alpha value is -2.89. The molecule has 1 N–H and O–H groups in total. The first-order valence-electron chi connectivity index (χ1n) is 15.1. The number of aryl methyl sites for hydroxylation is 1. The molecule has 0 radical (unpaired) electrons. The Morgan fingerprint density at radius 1 is 1.12 bits per heavy atom. The topological polar surface area (TPSA) is 94.2 Å². The standard InChI is InChI=1S/C32H38N2O6S3/c1-3-39-31(37)28-22-12-7-8-13-25(22)42-29(28)33-27(35)14-9-17-34-30(36)26(43-32(34)41)19-20-15-16-23(24(18-20)38-2)40-21-10-5-4-6-11-21/h15-16,18-19,21H,3-14,17H2,1-2H3,(H,33,35)/b26-19-. The summed E-state index contributed by atoms with van der Waals surface area (Å²) in [4.78, 5) is 42.0. The van der Waals surface area contributed by atoms with E-state index in [1.807, 2.05) is 24.3 Å². The van der Waals surface area contributed by atoms with Gasteiger partial charge in [-0.05, 0) is 94.0 Å². The van der Waals surface area contributed by atoms with Gasteiger partial charge >= 0.3 is 5.97 Å². The number of carbonyl (C=O) groups excluding carboxylic acids is 3. The van der Waals surface area contributed by atoms with Crippen molar-refractivity contribution in [3.05, 3.63) is 44.7 Å². The van der Waals surface area contributed by atoms with Gasteiger partial charge < -0.3 is 19.5 Å². The fourth-order valence-corrected chi connectivity index (χ4v) is 8.34. The lowest BCUT2D eigenvalue weighted by Gasteiger charge is -2.24. The average molecular weight is 643 g/mol. The molecule has 2 amide bonds. The number of thiophene rings is 1. The summed E-state index contributed by atoms with van der Waals surface area (Å²) in [7, 11) is 1.62. The number of esters is 1. The van der Waals surface area contributed by atoms with Gasteiger partial charge in [0.1, 0.15) is 9.32 Å². The van der Waals surface area contributed by atoms with Crippen molar-refractivity contribution in [1.29, 1.82) is 0 Å². The Kier molecular flexibility index (Phi) is 10.8. The smallest absolute Gasteiger partial charge is 0.341 e. The van der Waals surface area contributed by atoms with Crippen molar-refractivity contribution in [2.45, 2.75) is 83.7 Å². The van der Waals surface area contributed by atoms with E-state index in [2.05, 4.69) is 5.32 Å². The summed E-state index contributed by atoms with van der Waals surface area (Å²) in [6, 6.07) is 5.70. The highest BCUT2D eigenvalue weighted by molar-refractivity contribution is 8.26. The molecule has 3 aliphatic rings. The van der Waals surface area contributed by atoms with E-state index in [0.717, 1.165) is 60.3 Å². The number of anilines is 1. The van der Waals surface area contributed by atoms with E-state index in [0.29, 0.717) is 38.5 Å². The lowest BCUT2D eigenvalue weighted by molar-refractivity contribution is -0.122. The number of thioether (sulfide) groups is 1. The zero-order chi connectivity index (χ0) is 30.3. The Labute approximate surface area is 266 Å². The number of nitrogens with zero attached hydrogens (tertiary/aromatic N) is 1. The number of methoxy groups -OCH3 is 1. The van der Waals surface area contributed by atoms with Crippen LogP contribution in [0.2, 0.25) is 0 Å². The fraction of sp³-hybridized carbons (Fsp3) is 0.500. The lowest BCUT2D eigenvalue weighted by Crippen LogP contribution is -2.29. The molecule has 2 aromatic rings. The van der Waals surface area contributed by atoms with Gasteiger partial charge in [-0.25, -0.2) is 4.79 Å². The summed E-state index contributed by atoms with van der Waals surface area (Å²) in [6.45, 7) is 2.39. The summed E-state index contributed by atoms with van der Waals surface area (Å²) in [6.07, 6.45) is 12.2. The first-order chi connectivity index (χ1) is 20.9. The number of thiocarbonyl (C=S) groups is 1. The lowest BCUT2D eigenvalue weighted by atomic mass is 9.95. The Morgan fingerprint density at radius 3 is 2.67 bits per heavy atom. The van der Waals surface area contributed by atoms with Crippen molar-refractivity contribution in [2.24, 2.45) is 0 Å². The molecule has 0 unspecified atom stereocenters. The van der Waals surface area contributed by atoms with Gasteiger partial charge in [-0.2, -0.15) is 0 Å². The van der Waals surface area contributed by atoms with Crippen molar-refractivity contribution in [3.8, 4) is 11.5 Å². The van der Waals surface area contributed by atoms with Crippen LogP contribution in [0.15, 0.2) is 23.1 Å². The predicted octanol–water partition coefficient (Wildman–Crippen LogP) is 7.14. The first kappa shape index (κ1) is 31.5. The van der Waals surface area contributed by atoms with Crippen LogP contribution in [0.25, 0.3) is 6.08 Å². The van der Waals surface area contributed by atoms with Gasteiger partial charge in [0, 0.05) is 17.8 Å². The number of benzene rings is 1. The molecular formula is C32H38N2O6S3. The van der Waals surface area contributed by atoms with Crippen molar-refractivity contribution >= 4 is 68.5 Å². The quantitative estimate of drug-likeness (QED) is 0.157. The van der Waals surface area contributed by atoms with Crippen molar-refractivity contribution in [2.75, 3.05) is 25.6 Å². The zero-order valence-electron chi connectivity index (χ0n) is 24.7. The molecule has 8 nitrogen and oxygen atoms in total. The van der Waals surface area contributed by atoms with Gasteiger partial charge in [0.2, 0.25) is 5.91 Å². The molecule has 230 valence electrons. The van der Waals surface area contributed by atoms with E-state index in [9.17, 15) is 14.4 Å². The average Bonchev–Trinajstić information content (AvgIpc) is 3.50. The molecule has 0 spiro atoms. The molecule has 2 fully saturated rings. The Morgan fingerprint density at radius 2 is 1.91 bits per heavy atom. The number of fused-ring (bicyclic) bond motifs is 1. The summed E-state index contributed by atoms with van der Waals surface area (Å²) in [5, 5.41) is 3.51. The van der Waals surface area contributed by atoms with E-state index in [1.54, 1.807) is 18.9 Å².